The summed E-state index contributed by atoms with van der Waals surface area (Å²) in [5.41, 5.74) is 0. The molecule has 0 aromatic carbocycles. The van der Waals surface area contributed by atoms with Crippen LogP contribution in [0.25, 0.3) is 0 Å². The van der Waals surface area contributed by atoms with Crippen molar-refractivity contribution in [3.05, 3.63) is 0 Å². The van der Waals surface area contributed by atoms with E-state index in [1.165, 1.54) is 12.8 Å². The van der Waals surface area contributed by atoms with Crippen LogP contribution in [0.2, 0.25) is 0 Å². The first kappa shape index (κ1) is 14.4. The highest BCUT2D eigenvalue weighted by Crippen LogP contribution is 2.15. The Morgan fingerprint density at radius 1 is 1.41 bits per heavy atom. The van der Waals surface area contributed by atoms with Crippen LogP contribution in [-0.4, -0.2) is 73.7 Å². The molecule has 0 aromatic rings. The zero-order valence-electron chi connectivity index (χ0n) is 10.8. The Bertz CT molecular complexity index is 206. The van der Waals surface area contributed by atoms with E-state index in [9.17, 15) is 4.79 Å². The van der Waals surface area contributed by atoms with E-state index >= 15 is 0 Å². The van der Waals surface area contributed by atoms with E-state index in [0.717, 1.165) is 39.0 Å². The minimum Gasteiger partial charge on any atom is -0.396 e. The lowest BCUT2D eigenvalue weighted by Gasteiger charge is -2.37. The van der Waals surface area contributed by atoms with Crippen LogP contribution in [0.3, 0.4) is 0 Å². The predicted octanol–water partition coefficient (Wildman–Crippen LogP) is -0.489. The Hall–Kier alpha value is -0.650. The number of likely N-dealkylation sites (tertiary alicyclic amines) is 1. The molecule has 5 nitrogen and oxygen atoms in total. The van der Waals surface area contributed by atoms with Gasteiger partial charge in [-0.1, -0.05) is 0 Å². The molecule has 100 valence electrons. The largest absolute Gasteiger partial charge is 0.396 e. The summed E-state index contributed by atoms with van der Waals surface area (Å²) in [4.78, 5) is 15.0. The summed E-state index contributed by atoms with van der Waals surface area (Å²) in [6, 6.07) is 0.603. The molecule has 17 heavy (non-hydrogen) atoms. The van der Waals surface area contributed by atoms with Crippen molar-refractivity contribution in [2.24, 2.45) is 0 Å². The van der Waals surface area contributed by atoms with Crippen molar-refractivity contribution in [1.29, 1.82) is 0 Å². The van der Waals surface area contributed by atoms with Crippen LogP contribution in [0.4, 0.5) is 0 Å². The average molecular weight is 243 g/mol. The highest BCUT2D eigenvalue weighted by atomic mass is 16.3. The predicted molar refractivity (Wildman–Crippen MR) is 67.9 cm³/mol. The zero-order valence-corrected chi connectivity index (χ0v) is 10.8. The number of aliphatic hydroxyl groups excluding tert-OH is 1. The quantitative estimate of drug-likeness (QED) is 0.446. The molecule has 0 aliphatic carbocycles. The molecule has 1 amide bonds. The van der Waals surface area contributed by atoms with Crippen LogP contribution in [0.5, 0.6) is 0 Å². The molecule has 0 atom stereocenters. The molecule has 1 heterocycles. The minimum absolute atomic E-state index is 0.240. The van der Waals surface area contributed by atoms with Gasteiger partial charge in [0.25, 0.3) is 0 Å². The third kappa shape index (κ3) is 5.48. The Labute approximate surface area is 104 Å². The molecule has 1 saturated heterocycles. The number of carbonyl (C=O) groups excluding carboxylic acids is 1. The summed E-state index contributed by atoms with van der Waals surface area (Å²) in [7, 11) is 2.15. The molecule has 2 N–H and O–H groups in total. The maximum atomic E-state index is 10.2. The maximum Gasteiger partial charge on any atom is 0.207 e. The SMILES string of the molecule is CN1CCC(N(CCCO)CCNC=O)CC1. The summed E-state index contributed by atoms with van der Waals surface area (Å²) < 4.78 is 0. The van der Waals surface area contributed by atoms with Crippen LogP contribution in [-0.2, 0) is 4.79 Å². The topological polar surface area (TPSA) is 55.8 Å². The number of nitrogens with zero attached hydrogens (tertiary/aromatic N) is 2. The van der Waals surface area contributed by atoms with Gasteiger partial charge in [0.1, 0.15) is 0 Å². The summed E-state index contributed by atoms with van der Waals surface area (Å²) in [6.45, 7) is 5.02. The summed E-state index contributed by atoms with van der Waals surface area (Å²) in [5.74, 6) is 0. The number of aliphatic hydroxyl groups is 1. The van der Waals surface area contributed by atoms with Gasteiger partial charge in [0.15, 0.2) is 0 Å². The number of nitrogens with one attached hydrogen (secondary N) is 1. The van der Waals surface area contributed by atoms with Crippen molar-refractivity contribution in [2.45, 2.75) is 25.3 Å². The van der Waals surface area contributed by atoms with Gasteiger partial charge < -0.3 is 15.3 Å². The fourth-order valence-electron chi connectivity index (χ4n) is 2.38. The summed E-state index contributed by atoms with van der Waals surface area (Å²) >= 11 is 0. The van der Waals surface area contributed by atoms with Crippen molar-refractivity contribution in [2.75, 3.05) is 46.4 Å². The monoisotopic (exact) mass is 243 g/mol. The van der Waals surface area contributed by atoms with Gasteiger partial charge in [-0.25, -0.2) is 0 Å². The first-order valence-corrected chi connectivity index (χ1v) is 6.48. The maximum absolute atomic E-state index is 10.2. The fraction of sp³-hybridized carbons (Fsp3) is 0.917. The van der Waals surface area contributed by atoms with Gasteiger partial charge in [0.05, 0.1) is 0 Å². The third-order valence-electron chi connectivity index (χ3n) is 3.43. The van der Waals surface area contributed by atoms with Gasteiger partial charge >= 0.3 is 0 Å². The lowest BCUT2D eigenvalue weighted by atomic mass is 10.0. The molecular weight excluding hydrogens is 218 g/mol. The van der Waals surface area contributed by atoms with Crippen LogP contribution in [0.15, 0.2) is 0 Å². The second-order valence-electron chi connectivity index (χ2n) is 4.72. The summed E-state index contributed by atoms with van der Waals surface area (Å²) in [6.07, 6.45) is 3.93. The van der Waals surface area contributed by atoms with Gasteiger partial charge in [0, 0.05) is 32.3 Å². The average Bonchev–Trinajstić information content (AvgIpc) is 2.35. The van der Waals surface area contributed by atoms with Gasteiger partial charge in [-0.3, -0.25) is 9.69 Å². The first-order chi connectivity index (χ1) is 8.27. The highest BCUT2D eigenvalue weighted by Gasteiger charge is 2.22. The molecule has 0 radical (unpaired) electrons. The second-order valence-corrected chi connectivity index (χ2v) is 4.72. The lowest BCUT2D eigenvalue weighted by molar-refractivity contribution is -0.109. The third-order valence-corrected chi connectivity index (χ3v) is 3.43. The molecule has 1 fully saturated rings. The van der Waals surface area contributed by atoms with Gasteiger partial charge in [-0.15, -0.1) is 0 Å². The normalized spacial score (nSPS) is 18.5. The van der Waals surface area contributed by atoms with Crippen LogP contribution in [0, 0.1) is 0 Å². The Morgan fingerprint density at radius 2 is 2.12 bits per heavy atom. The molecule has 0 unspecified atom stereocenters. The van der Waals surface area contributed by atoms with E-state index in [-0.39, 0.29) is 6.61 Å². The van der Waals surface area contributed by atoms with Crippen molar-refractivity contribution in [3.63, 3.8) is 0 Å². The number of amides is 1. The van der Waals surface area contributed by atoms with E-state index in [1.807, 2.05) is 0 Å². The molecular formula is C12H25N3O2. The van der Waals surface area contributed by atoms with Crippen molar-refractivity contribution < 1.29 is 9.90 Å². The van der Waals surface area contributed by atoms with Crippen LogP contribution >= 0.6 is 0 Å². The molecule has 5 heteroatoms. The van der Waals surface area contributed by atoms with Crippen LogP contribution in [0.1, 0.15) is 19.3 Å². The molecule has 0 aromatic heterocycles. The van der Waals surface area contributed by atoms with Gasteiger partial charge in [-0.05, 0) is 39.4 Å². The summed E-state index contributed by atoms with van der Waals surface area (Å²) in [5, 5.41) is 11.6. The molecule has 0 saturated carbocycles. The van der Waals surface area contributed by atoms with E-state index < -0.39 is 0 Å². The Morgan fingerprint density at radius 3 is 2.71 bits per heavy atom. The van der Waals surface area contributed by atoms with Crippen molar-refractivity contribution in [3.8, 4) is 0 Å². The molecule has 0 bridgehead atoms. The molecule has 1 rings (SSSR count). The minimum atomic E-state index is 0.240. The molecule has 0 spiro atoms. The Balaban J connectivity index is 2.34. The van der Waals surface area contributed by atoms with Gasteiger partial charge in [-0.2, -0.15) is 0 Å². The standard InChI is InChI=1S/C12H25N3O2/c1-14-7-3-12(4-8-14)15(6-2-10-16)9-5-13-11-17/h11-12,16H,2-10H2,1H3,(H,13,17). The molecule has 1 aliphatic heterocycles. The van der Waals surface area contributed by atoms with E-state index in [1.54, 1.807) is 0 Å². The van der Waals surface area contributed by atoms with Crippen molar-refractivity contribution in [1.82, 2.24) is 15.1 Å². The van der Waals surface area contributed by atoms with Crippen LogP contribution < -0.4 is 5.32 Å². The number of carbonyl (C=O) groups is 1. The number of rotatable bonds is 8. The first-order valence-electron chi connectivity index (χ1n) is 6.48. The number of piperidine rings is 1. The highest BCUT2D eigenvalue weighted by molar-refractivity contribution is 5.45. The van der Waals surface area contributed by atoms with E-state index in [4.69, 9.17) is 5.11 Å². The van der Waals surface area contributed by atoms with E-state index in [0.29, 0.717) is 12.6 Å². The smallest absolute Gasteiger partial charge is 0.207 e. The fourth-order valence-corrected chi connectivity index (χ4v) is 2.38. The number of hydrogen-bond donors (Lipinski definition) is 2. The van der Waals surface area contributed by atoms with Crippen molar-refractivity contribution >= 4 is 6.41 Å². The van der Waals surface area contributed by atoms with Gasteiger partial charge in [0.2, 0.25) is 6.41 Å². The number of hydrogen-bond acceptors (Lipinski definition) is 4. The van der Waals surface area contributed by atoms with E-state index in [2.05, 4.69) is 22.2 Å². The Kier molecular flexibility index (Phi) is 7.16. The molecule has 1 aliphatic rings. The lowest BCUT2D eigenvalue weighted by Crippen LogP contribution is -2.46. The zero-order chi connectivity index (χ0) is 12.5. The second kappa shape index (κ2) is 8.44.